The van der Waals surface area contributed by atoms with Crippen LogP contribution in [0.3, 0.4) is 0 Å². The molecule has 0 saturated carbocycles. The lowest BCUT2D eigenvalue weighted by atomic mass is 10.1. The van der Waals surface area contributed by atoms with Crippen molar-refractivity contribution in [1.29, 1.82) is 5.26 Å². The number of halogens is 1. The average molecular weight is 282 g/mol. The second kappa shape index (κ2) is 5.32. The Morgan fingerprint density at radius 1 is 1.15 bits per heavy atom. The summed E-state index contributed by atoms with van der Waals surface area (Å²) in [5.41, 5.74) is 2.08. The zero-order valence-corrected chi connectivity index (χ0v) is 11.4. The zero-order chi connectivity index (χ0) is 13.9. The molecule has 3 aromatic rings. The molecule has 0 radical (unpaired) electrons. The van der Waals surface area contributed by atoms with Gasteiger partial charge in [-0.25, -0.2) is 4.39 Å². The lowest BCUT2D eigenvalue weighted by molar-refractivity contribution is 0.625. The van der Waals surface area contributed by atoms with Crippen molar-refractivity contribution >= 4 is 27.1 Å². The Labute approximate surface area is 120 Å². The van der Waals surface area contributed by atoms with Crippen LogP contribution in [0.5, 0.6) is 0 Å². The number of hydrogen-bond acceptors (Lipinski definition) is 3. The summed E-state index contributed by atoms with van der Waals surface area (Å²) in [6.45, 7) is 0.488. The molecule has 1 aromatic heterocycles. The van der Waals surface area contributed by atoms with Crippen molar-refractivity contribution in [2.24, 2.45) is 0 Å². The molecule has 4 heteroatoms. The third-order valence-corrected chi connectivity index (χ3v) is 3.93. The highest BCUT2D eigenvalue weighted by Crippen LogP contribution is 2.24. The Balaban J connectivity index is 1.79. The van der Waals surface area contributed by atoms with Crippen molar-refractivity contribution in [2.45, 2.75) is 6.54 Å². The van der Waals surface area contributed by atoms with Gasteiger partial charge >= 0.3 is 0 Å². The summed E-state index contributed by atoms with van der Waals surface area (Å²) in [5, 5.41) is 15.3. The molecule has 20 heavy (non-hydrogen) atoms. The number of nitrogens with one attached hydrogen (secondary N) is 1. The van der Waals surface area contributed by atoms with Crippen molar-refractivity contribution in [3.8, 4) is 6.07 Å². The minimum Gasteiger partial charge on any atom is -0.381 e. The SMILES string of the molecule is N#Cc1cc(F)cc(CNc2ccc3sccc3c2)c1. The van der Waals surface area contributed by atoms with Gasteiger partial charge in [0.1, 0.15) is 5.82 Å². The summed E-state index contributed by atoms with van der Waals surface area (Å²) in [5.74, 6) is -0.380. The van der Waals surface area contributed by atoms with Crippen molar-refractivity contribution < 1.29 is 4.39 Å². The Hall–Kier alpha value is -2.38. The topological polar surface area (TPSA) is 35.8 Å². The molecule has 0 aliphatic heterocycles. The Bertz CT molecular complexity index is 802. The molecule has 0 saturated heterocycles. The van der Waals surface area contributed by atoms with E-state index < -0.39 is 0 Å². The molecule has 0 unspecified atom stereocenters. The third kappa shape index (κ3) is 2.63. The molecule has 1 heterocycles. The molecule has 98 valence electrons. The standard InChI is InChI=1S/C16H11FN2S/c17-14-6-11(9-18)5-12(7-14)10-19-15-1-2-16-13(8-15)3-4-20-16/h1-8,19H,10H2. The van der Waals surface area contributed by atoms with Gasteiger partial charge in [0, 0.05) is 16.9 Å². The Morgan fingerprint density at radius 2 is 2.05 bits per heavy atom. The van der Waals surface area contributed by atoms with Crippen molar-refractivity contribution in [1.82, 2.24) is 0 Å². The van der Waals surface area contributed by atoms with Crippen LogP contribution in [-0.2, 0) is 6.54 Å². The van der Waals surface area contributed by atoms with E-state index in [9.17, 15) is 4.39 Å². The maximum absolute atomic E-state index is 13.3. The summed E-state index contributed by atoms with van der Waals surface area (Å²) >= 11 is 1.70. The molecule has 0 fully saturated rings. The highest BCUT2D eigenvalue weighted by atomic mass is 32.1. The molecule has 0 spiro atoms. The monoisotopic (exact) mass is 282 g/mol. The maximum atomic E-state index is 13.3. The van der Waals surface area contributed by atoms with Crippen LogP contribution >= 0.6 is 11.3 Å². The quantitative estimate of drug-likeness (QED) is 0.766. The molecule has 3 rings (SSSR count). The second-order valence-corrected chi connectivity index (χ2v) is 5.43. The molecule has 0 aliphatic rings. The minimum atomic E-state index is -0.380. The number of rotatable bonds is 3. The Morgan fingerprint density at radius 3 is 2.90 bits per heavy atom. The van der Waals surface area contributed by atoms with Crippen molar-refractivity contribution in [3.05, 3.63) is 64.8 Å². The normalized spacial score (nSPS) is 10.4. The first kappa shape index (κ1) is 12.6. The van der Waals surface area contributed by atoms with Crippen molar-refractivity contribution in [3.63, 3.8) is 0 Å². The van der Waals surface area contributed by atoms with Gasteiger partial charge in [-0.3, -0.25) is 0 Å². The predicted molar refractivity (Wildman–Crippen MR) is 80.3 cm³/mol. The molecule has 2 aromatic carbocycles. The van der Waals surface area contributed by atoms with Crippen LogP contribution in [0, 0.1) is 17.1 Å². The largest absolute Gasteiger partial charge is 0.381 e. The van der Waals surface area contributed by atoms with Gasteiger partial charge in [-0.1, -0.05) is 0 Å². The van der Waals surface area contributed by atoms with Gasteiger partial charge in [-0.15, -0.1) is 11.3 Å². The average Bonchev–Trinajstić information content (AvgIpc) is 2.92. The number of nitriles is 1. The van der Waals surface area contributed by atoms with Gasteiger partial charge in [0.2, 0.25) is 0 Å². The van der Waals surface area contributed by atoms with E-state index in [4.69, 9.17) is 5.26 Å². The summed E-state index contributed by atoms with van der Waals surface area (Å²) < 4.78 is 14.6. The maximum Gasteiger partial charge on any atom is 0.124 e. The molecular formula is C16H11FN2S. The number of hydrogen-bond donors (Lipinski definition) is 1. The van der Waals surface area contributed by atoms with Gasteiger partial charge in [0.25, 0.3) is 0 Å². The van der Waals surface area contributed by atoms with Crippen LogP contribution in [0.15, 0.2) is 47.8 Å². The number of nitrogens with zero attached hydrogens (tertiary/aromatic N) is 1. The number of benzene rings is 2. The lowest BCUT2D eigenvalue weighted by Gasteiger charge is -2.07. The first-order valence-electron chi connectivity index (χ1n) is 6.15. The number of fused-ring (bicyclic) bond motifs is 1. The molecule has 1 N–H and O–H groups in total. The fraction of sp³-hybridized carbons (Fsp3) is 0.0625. The van der Waals surface area contributed by atoms with E-state index in [0.717, 1.165) is 11.3 Å². The molecule has 0 bridgehead atoms. The lowest BCUT2D eigenvalue weighted by Crippen LogP contribution is -2.00. The van der Waals surface area contributed by atoms with E-state index in [0.29, 0.717) is 12.1 Å². The predicted octanol–water partition coefficient (Wildman–Crippen LogP) is 4.52. The highest BCUT2D eigenvalue weighted by molar-refractivity contribution is 7.17. The first-order chi connectivity index (χ1) is 9.74. The fourth-order valence-electron chi connectivity index (χ4n) is 2.10. The summed E-state index contributed by atoms with van der Waals surface area (Å²) in [4.78, 5) is 0. The number of anilines is 1. The zero-order valence-electron chi connectivity index (χ0n) is 10.6. The molecule has 0 aliphatic carbocycles. The molecular weight excluding hydrogens is 271 g/mol. The smallest absolute Gasteiger partial charge is 0.124 e. The fourth-order valence-corrected chi connectivity index (χ4v) is 2.87. The summed E-state index contributed by atoms with van der Waals surface area (Å²) in [6, 6.07) is 14.5. The van der Waals surface area contributed by atoms with Gasteiger partial charge in [-0.2, -0.15) is 5.26 Å². The number of thiophene rings is 1. The molecule has 2 nitrogen and oxygen atoms in total. The van der Waals surface area contributed by atoms with Gasteiger partial charge in [0.15, 0.2) is 0 Å². The van der Waals surface area contributed by atoms with E-state index in [-0.39, 0.29) is 5.82 Å². The van der Waals surface area contributed by atoms with Crippen LogP contribution < -0.4 is 5.32 Å². The first-order valence-corrected chi connectivity index (χ1v) is 7.03. The van der Waals surface area contributed by atoms with Gasteiger partial charge in [0.05, 0.1) is 11.6 Å². The highest BCUT2D eigenvalue weighted by Gasteiger charge is 2.02. The van der Waals surface area contributed by atoms with Crippen molar-refractivity contribution in [2.75, 3.05) is 5.32 Å². The van der Waals surface area contributed by atoms with Gasteiger partial charge in [-0.05, 0) is 58.8 Å². The van der Waals surface area contributed by atoms with E-state index >= 15 is 0 Å². The van der Waals surface area contributed by atoms with Crippen LogP contribution in [-0.4, -0.2) is 0 Å². The van der Waals surface area contributed by atoms with E-state index in [2.05, 4.69) is 28.9 Å². The van der Waals surface area contributed by atoms with E-state index in [1.54, 1.807) is 17.4 Å². The van der Waals surface area contributed by atoms with Gasteiger partial charge < -0.3 is 5.32 Å². The van der Waals surface area contributed by atoms with Crippen LogP contribution in [0.25, 0.3) is 10.1 Å². The van der Waals surface area contributed by atoms with Crippen LogP contribution in [0.1, 0.15) is 11.1 Å². The molecule has 0 atom stereocenters. The Kier molecular flexibility index (Phi) is 3.36. The van der Waals surface area contributed by atoms with Crippen LogP contribution in [0.4, 0.5) is 10.1 Å². The summed E-state index contributed by atoms with van der Waals surface area (Å²) in [6.07, 6.45) is 0. The van der Waals surface area contributed by atoms with Crippen LogP contribution in [0.2, 0.25) is 0 Å². The second-order valence-electron chi connectivity index (χ2n) is 4.49. The molecule has 0 amide bonds. The minimum absolute atomic E-state index is 0.343. The van der Waals surface area contributed by atoms with E-state index in [1.807, 2.05) is 12.1 Å². The third-order valence-electron chi connectivity index (χ3n) is 3.04. The van der Waals surface area contributed by atoms with E-state index in [1.165, 1.54) is 22.2 Å². The summed E-state index contributed by atoms with van der Waals surface area (Å²) in [7, 11) is 0.